The molecule has 5 heteroatoms. The molecule has 1 fully saturated rings. The summed E-state index contributed by atoms with van der Waals surface area (Å²) in [4.78, 5) is 0. The van der Waals surface area contributed by atoms with E-state index in [2.05, 4.69) is 14.6 Å². The van der Waals surface area contributed by atoms with Gasteiger partial charge >= 0.3 is 0 Å². The highest BCUT2D eigenvalue weighted by Gasteiger charge is 2.35. The zero-order chi connectivity index (χ0) is 12.5. The van der Waals surface area contributed by atoms with E-state index in [0.29, 0.717) is 6.61 Å². The molecular formula is C12H18NO3P. The lowest BCUT2D eigenvalue weighted by Crippen LogP contribution is -2.39. The van der Waals surface area contributed by atoms with Gasteiger partial charge in [-0.25, -0.2) is 0 Å². The van der Waals surface area contributed by atoms with Gasteiger partial charge in [0.2, 0.25) is 0 Å². The van der Waals surface area contributed by atoms with Crippen LogP contribution in [0.1, 0.15) is 18.6 Å². The Hall–Kier alpha value is -0.670. The van der Waals surface area contributed by atoms with E-state index in [1.54, 1.807) is 7.11 Å². The summed E-state index contributed by atoms with van der Waals surface area (Å²) in [6, 6.07) is 7.32. The van der Waals surface area contributed by atoms with Crippen molar-refractivity contribution in [3.05, 3.63) is 29.8 Å². The van der Waals surface area contributed by atoms with Crippen molar-refractivity contribution < 1.29 is 14.6 Å². The number of benzene rings is 1. The van der Waals surface area contributed by atoms with Crippen LogP contribution in [0.5, 0.6) is 5.75 Å². The molecule has 4 nitrogen and oxygen atoms in total. The highest BCUT2D eigenvalue weighted by atomic mass is 31.0. The Labute approximate surface area is 104 Å². The zero-order valence-corrected chi connectivity index (χ0v) is 11.2. The number of hydrogen-bond acceptors (Lipinski definition) is 4. The Kier molecular flexibility index (Phi) is 3.69. The third-order valence-corrected chi connectivity index (χ3v) is 3.21. The number of nitrogens with one attached hydrogen (secondary N) is 1. The van der Waals surface area contributed by atoms with Gasteiger partial charge < -0.3 is 14.6 Å². The summed E-state index contributed by atoms with van der Waals surface area (Å²) in [6.45, 7) is 2.41. The lowest BCUT2D eigenvalue weighted by Gasteiger charge is -2.21. The van der Waals surface area contributed by atoms with E-state index in [0.717, 1.165) is 11.3 Å². The predicted octanol–water partition coefficient (Wildman–Crippen LogP) is 1.27. The molecule has 94 valence electrons. The van der Waals surface area contributed by atoms with Crippen LogP contribution in [0.2, 0.25) is 0 Å². The van der Waals surface area contributed by atoms with Crippen molar-refractivity contribution >= 4 is 9.24 Å². The van der Waals surface area contributed by atoms with Gasteiger partial charge in [-0.05, 0) is 24.6 Å². The van der Waals surface area contributed by atoms with Gasteiger partial charge in [-0.3, -0.25) is 5.32 Å². The first-order chi connectivity index (χ1) is 8.02. The van der Waals surface area contributed by atoms with Gasteiger partial charge in [0, 0.05) is 0 Å². The molecule has 1 aromatic rings. The van der Waals surface area contributed by atoms with Gasteiger partial charge in [0.05, 0.1) is 25.9 Å². The van der Waals surface area contributed by atoms with Crippen LogP contribution < -0.4 is 10.1 Å². The smallest absolute Gasteiger partial charge is 0.130 e. The summed E-state index contributed by atoms with van der Waals surface area (Å²) in [5.41, 5.74) is 0.410. The largest absolute Gasteiger partial charge is 0.497 e. The van der Waals surface area contributed by atoms with Crippen LogP contribution >= 0.6 is 9.24 Å². The van der Waals surface area contributed by atoms with Gasteiger partial charge in [-0.1, -0.05) is 21.4 Å². The van der Waals surface area contributed by atoms with Crippen molar-refractivity contribution in [2.75, 3.05) is 13.7 Å². The summed E-state index contributed by atoms with van der Waals surface area (Å²) < 4.78 is 10.6. The summed E-state index contributed by atoms with van der Waals surface area (Å²) in [5, 5.41) is 13.4. The minimum atomic E-state index is -0.580. The van der Waals surface area contributed by atoms with Crippen LogP contribution in [0, 0.1) is 0 Å². The Morgan fingerprint density at radius 1 is 1.53 bits per heavy atom. The van der Waals surface area contributed by atoms with Crippen LogP contribution in [-0.2, 0) is 4.74 Å². The molecule has 0 bridgehead atoms. The van der Waals surface area contributed by atoms with Crippen molar-refractivity contribution in [3.8, 4) is 5.75 Å². The van der Waals surface area contributed by atoms with Gasteiger partial charge in [0.25, 0.3) is 0 Å². The number of aliphatic hydroxyl groups excluding tert-OH is 1. The van der Waals surface area contributed by atoms with Crippen LogP contribution in [0.4, 0.5) is 0 Å². The van der Waals surface area contributed by atoms with Crippen molar-refractivity contribution in [2.24, 2.45) is 0 Å². The van der Waals surface area contributed by atoms with E-state index in [9.17, 15) is 5.11 Å². The molecule has 4 unspecified atom stereocenters. The lowest BCUT2D eigenvalue weighted by molar-refractivity contribution is 0.0796. The molecule has 1 aliphatic heterocycles. The fourth-order valence-electron chi connectivity index (χ4n) is 1.92. The Balaban J connectivity index is 2.06. The number of hydrogen-bond donors (Lipinski definition) is 2. The molecule has 2 rings (SSSR count). The number of ether oxygens (including phenoxy) is 2. The summed E-state index contributed by atoms with van der Waals surface area (Å²) in [7, 11) is 4.21. The fourth-order valence-corrected chi connectivity index (χ4v) is 2.23. The minimum absolute atomic E-state index is 0.0918. The van der Waals surface area contributed by atoms with E-state index in [1.165, 1.54) is 0 Å². The predicted molar refractivity (Wildman–Crippen MR) is 68.9 cm³/mol. The first-order valence-electron chi connectivity index (χ1n) is 5.54. The van der Waals surface area contributed by atoms with Crippen LogP contribution in [0.25, 0.3) is 0 Å². The van der Waals surface area contributed by atoms with E-state index in [4.69, 9.17) is 9.47 Å². The van der Waals surface area contributed by atoms with Crippen molar-refractivity contribution in [3.63, 3.8) is 0 Å². The lowest BCUT2D eigenvalue weighted by atomic mass is 10.0. The second-order valence-corrected chi connectivity index (χ2v) is 5.49. The fraction of sp³-hybridized carbons (Fsp3) is 0.500. The van der Waals surface area contributed by atoms with Crippen molar-refractivity contribution in [1.29, 1.82) is 0 Å². The van der Waals surface area contributed by atoms with Gasteiger partial charge in [-0.2, -0.15) is 0 Å². The van der Waals surface area contributed by atoms with E-state index >= 15 is 0 Å². The average Bonchev–Trinajstić information content (AvgIpc) is 2.69. The average molecular weight is 255 g/mol. The molecule has 17 heavy (non-hydrogen) atoms. The van der Waals surface area contributed by atoms with Gasteiger partial charge in [0.1, 0.15) is 11.2 Å². The first kappa shape index (κ1) is 12.8. The number of rotatable bonds is 3. The maximum Gasteiger partial charge on any atom is 0.130 e. The maximum atomic E-state index is 10.2. The number of methoxy groups -OCH3 is 1. The number of aliphatic hydroxyl groups is 1. The molecule has 1 aliphatic rings. The molecule has 4 atom stereocenters. The minimum Gasteiger partial charge on any atom is -0.497 e. The van der Waals surface area contributed by atoms with Crippen molar-refractivity contribution in [1.82, 2.24) is 5.32 Å². The van der Waals surface area contributed by atoms with Crippen LogP contribution in [-0.4, -0.2) is 30.3 Å². The molecule has 2 N–H and O–H groups in total. The summed E-state index contributed by atoms with van der Waals surface area (Å²) >= 11 is 0. The quantitative estimate of drug-likeness (QED) is 0.798. The van der Waals surface area contributed by atoms with E-state index < -0.39 is 11.6 Å². The topological polar surface area (TPSA) is 50.7 Å². The highest BCUT2D eigenvalue weighted by Crippen LogP contribution is 2.29. The molecule has 1 aromatic carbocycles. The standard InChI is InChI=1S/C12H18NO3P/c1-12(17)13-10(7-16-12)11(14)8-3-5-9(15-2)6-4-8/h3-6,10-11,13-14H,7,17H2,1-2H3. The first-order valence-corrected chi connectivity index (χ1v) is 6.12. The SMILES string of the molecule is COc1ccc(C(O)C2COC(C)(P)N2)cc1. The second kappa shape index (κ2) is 4.91. The van der Waals surface area contributed by atoms with Gasteiger partial charge in [-0.15, -0.1) is 0 Å². The monoisotopic (exact) mass is 255 g/mol. The Bertz CT molecular complexity index is 380. The molecule has 0 saturated carbocycles. The molecule has 0 radical (unpaired) electrons. The molecule has 0 spiro atoms. The summed E-state index contributed by atoms with van der Waals surface area (Å²) in [5.74, 6) is 0.785. The third-order valence-electron chi connectivity index (χ3n) is 2.87. The highest BCUT2D eigenvalue weighted by molar-refractivity contribution is 7.18. The van der Waals surface area contributed by atoms with E-state index in [-0.39, 0.29) is 6.04 Å². The Morgan fingerprint density at radius 3 is 2.65 bits per heavy atom. The molecular weight excluding hydrogens is 237 g/mol. The normalized spacial score (nSPS) is 30.2. The molecule has 0 aliphatic carbocycles. The van der Waals surface area contributed by atoms with Crippen LogP contribution in [0.15, 0.2) is 24.3 Å². The zero-order valence-electron chi connectivity index (χ0n) is 10.0. The van der Waals surface area contributed by atoms with Crippen LogP contribution in [0.3, 0.4) is 0 Å². The molecule has 1 saturated heterocycles. The van der Waals surface area contributed by atoms with Gasteiger partial charge in [0.15, 0.2) is 0 Å². The molecule has 1 heterocycles. The second-order valence-electron chi connectivity index (χ2n) is 4.39. The summed E-state index contributed by atoms with van der Waals surface area (Å²) in [6.07, 6.45) is -0.580. The molecule has 0 aromatic heterocycles. The van der Waals surface area contributed by atoms with E-state index in [1.807, 2.05) is 31.2 Å². The Morgan fingerprint density at radius 2 is 2.18 bits per heavy atom. The molecule has 0 amide bonds. The van der Waals surface area contributed by atoms with Crippen molar-refractivity contribution in [2.45, 2.75) is 24.5 Å². The third kappa shape index (κ3) is 2.96. The maximum absolute atomic E-state index is 10.2.